The van der Waals surface area contributed by atoms with Crippen molar-refractivity contribution < 1.29 is 9.59 Å². The molecule has 3 atom stereocenters. The maximum atomic E-state index is 13.6. The second-order valence-corrected chi connectivity index (χ2v) is 8.82. The lowest BCUT2D eigenvalue weighted by Gasteiger charge is -2.29. The minimum Gasteiger partial charge on any atom is -0.272 e. The zero-order valence-corrected chi connectivity index (χ0v) is 19.4. The molecular formula is C28H26N4O2. The molecule has 1 unspecified atom stereocenters. The van der Waals surface area contributed by atoms with E-state index in [0.717, 1.165) is 22.3 Å². The average Bonchev–Trinajstić information content (AvgIpc) is 3.32. The molecule has 6 nitrogen and oxygen atoms in total. The van der Waals surface area contributed by atoms with Crippen molar-refractivity contribution in [2.45, 2.75) is 12.8 Å². The third-order valence-corrected chi connectivity index (χ3v) is 6.59. The van der Waals surface area contributed by atoms with Gasteiger partial charge in [-0.3, -0.25) is 9.59 Å². The summed E-state index contributed by atoms with van der Waals surface area (Å²) in [6.45, 7) is 2.02. The van der Waals surface area contributed by atoms with Crippen molar-refractivity contribution in [1.29, 1.82) is 0 Å². The SMILES string of the molecule is Cc1ccc(C([C@@H]2C(=O)N(C)N=C2c2ccccc2)[C@H]2C(=O)N(C)N=C2c2ccccc2)cc1. The number of nitrogens with zero attached hydrogens (tertiary/aromatic N) is 4. The first-order valence-corrected chi connectivity index (χ1v) is 11.3. The van der Waals surface area contributed by atoms with E-state index in [9.17, 15) is 9.59 Å². The molecule has 0 bridgehead atoms. The van der Waals surface area contributed by atoms with Gasteiger partial charge in [0.15, 0.2) is 0 Å². The molecule has 2 heterocycles. The summed E-state index contributed by atoms with van der Waals surface area (Å²) >= 11 is 0. The summed E-state index contributed by atoms with van der Waals surface area (Å²) in [5.41, 5.74) is 5.13. The summed E-state index contributed by atoms with van der Waals surface area (Å²) in [7, 11) is 3.35. The lowest BCUT2D eigenvalue weighted by molar-refractivity contribution is -0.133. The van der Waals surface area contributed by atoms with E-state index in [2.05, 4.69) is 10.2 Å². The molecule has 6 heteroatoms. The van der Waals surface area contributed by atoms with Gasteiger partial charge < -0.3 is 0 Å². The van der Waals surface area contributed by atoms with Gasteiger partial charge >= 0.3 is 0 Å². The highest BCUT2D eigenvalue weighted by atomic mass is 16.2. The van der Waals surface area contributed by atoms with Gasteiger partial charge in [0.05, 0.1) is 23.3 Å². The average molecular weight is 451 g/mol. The van der Waals surface area contributed by atoms with Crippen LogP contribution in [0.3, 0.4) is 0 Å². The Morgan fingerprint density at radius 3 is 1.47 bits per heavy atom. The molecule has 34 heavy (non-hydrogen) atoms. The summed E-state index contributed by atoms with van der Waals surface area (Å²) in [6.07, 6.45) is 0. The Morgan fingerprint density at radius 2 is 1.06 bits per heavy atom. The smallest absolute Gasteiger partial charge is 0.252 e. The number of amides is 2. The molecule has 170 valence electrons. The van der Waals surface area contributed by atoms with E-state index in [1.807, 2.05) is 91.9 Å². The Balaban J connectivity index is 1.70. The minimum absolute atomic E-state index is 0.126. The van der Waals surface area contributed by atoms with E-state index >= 15 is 0 Å². The van der Waals surface area contributed by atoms with Gasteiger partial charge in [-0.1, -0.05) is 90.5 Å². The van der Waals surface area contributed by atoms with Crippen molar-refractivity contribution in [2.75, 3.05) is 14.1 Å². The molecule has 5 rings (SSSR count). The number of hydrazone groups is 2. The molecule has 2 amide bonds. The Morgan fingerprint density at radius 1 is 0.647 bits per heavy atom. The van der Waals surface area contributed by atoms with Crippen molar-refractivity contribution in [3.63, 3.8) is 0 Å². The first-order chi connectivity index (χ1) is 16.5. The molecule has 0 aromatic heterocycles. The van der Waals surface area contributed by atoms with Crippen LogP contribution in [0.4, 0.5) is 0 Å². The maximum absolute atomic E-state index is 13.6. The molecule has 3 aromatic carbocycles. The topological polar surface area (TPSA) is 65.3 Å². The fourth-order valence-electron chi connectivity index (χ4n) is 4.89. The van der Waals surface area contributed by atoms with Gasteiger partial charge in [-0.15, -0.1) is 0 Å². The number of aryl methyl sites for hydroxylation is 1. The first kappa shape index (κ1) is 21.8. The van der Waals surface area contributed by atoms with Crippen molar-refractivity contribution >= 4 is 23.2 Å². The summed E-state index contributed by atoms with van der Waals surface area (Å²) in [6, 6.07) is 27.5. The summed E-state index contributed by atoms with van der Waals surface area (Å²) in [5.74, 6) is -1.96. The Kier molecular flexibility index (Phi) is 5.57. The number of hydrogen-bond acceptors (Lipinski definition) is 4. The van der Waals surface area contributed by atoms with Crippen molar-refractivity contribution in [3.05, 3.63) is 107 Å². The van der Waals surface area contributed by atoms with Gasteiger partial charge in [-0.25, -0.2) is 10.0 Å². The molecular weight excluding hydrogens is 424 g/mol. The van der Waals surface area contributed by atoms with Crippen LogP contribution in [0.25, 0.3) is 0 Å². The normalized spacial score (nSPS) is 21.0. The van der Waals surface area contributed by atoms with Crippen molar-refractivity contribution in [2.24, 2.45) is 22.0 Å². The maximum Gasteiger partial charge on any atom is 0.252 e. The van der Waals surface area contributed by atoms with Crippen LogP contribution in [0.2, 0.25) is 0 Å². The van der Waals surface area contributed by atoms with Crippen LogP contribution in [0, 0.1) is 18.8 Å². The minimum atomic E-state index is -0.621. The molecule has 0 aliphatic carbocycles. The molecule has 2 aliphatic heterocycles. The quantitative estimate of drug-likeness (QED) is 0.588. The van der Waals surface area contributed by atoms with Crippen LogP contribution >= 0.6 is 0 Å². The molecule has 2 aliphatic rings. The van der Waals surface area contributed by atoms with Crippen LogP contribution in [0.5, 0.6) is 0 Å². The Labute approximate surface area is 199 Å². The van der Waals surface area contributed by atoms with Crippen molar-refractivity contribution in [3.8, 4) is 0 Å². The van der Waals surface area contributed by atoms with Crippen LogP contribution < -0.4 is 0 Å². The molecule has 0 N–H and O–H groups in total. The Bertz CT molecular complexity index is 1200. The monoisotopic (exact) mass is 450 g/mol. The van der Waals surface area contributed by atoms with Gasteiger partial charge in [-0.05, 0) is 23.6 Å². The third kappa shape index (κ3) is 3.71. The highest BCUT2D eigenvalue weighted by Crippen LogP contribution is 2.42. The summed E-state index contributed by atoms with van der Waals surface area (Å²) < 4.78 is 0. The molecule has 0 fully saturated rings. The van der Waals surface area contributed by atoms with E-state index in [0.29, 0.717) is 11.4 Å². The Hall–Kier alpha value is -4.06. The lowest BCUT2D eigenvalue weighted by Crippen LogP contribution is -2.40. The highest BCUT2D eigenvalue weighted by Gasteiger charge is 2.50. The van der Waals surface area contributed by atoms with Crippen LogP contribution in [-0.2, 0) is 9.59 Å². The van der Waals surface area contributed by atoms with E-state index in [1.54, 1.807) is 14.1 Å². The van der Waals surface area contributed by atoms with Crippen LogP contribution in [-0.4, -0.2) is 47.4 Å². The predicted octanol–water partition coefficient (Wildman–Crippen LogP) is 4.06. The van der Waals surface area contributed by atoms with Gasteiger partial charge in [0.1, 0.15) is 0 Å². The number of benzene rings is 3. The predicted molar refractivity (Wildman–Crippen MR) is 132 cm³/mol. The van der Waals surface area contributed by atoms with Gasteiger partial charge in [-0.2, -0.15) is 10.2 Å². The first-order valence-electron chi connectivity index (χ1n) is 11.3. The summed E-state index contributed by atoms with van der Waals surface area (Å²) in [4.78, 5) is 27.2. The van der Waals surface area contributed by atoms with E-state index in [4.69, 9.17) is 0 Å². The third-order valence-electron chi connectivity index (χ3n) is 6.59. The molecule has 0 saturated carbocycles. The second kappa shape index (κ2) is 8.71. The number of rotatable bonds is 5. The summed E-state index contributed by atoms with van der Waals surface area (Å²) in [5, 5.41) is 12.1. The van der Waals surface area contributed by atoms with Gasteiger partial charge in [0.2, 0.25) is 0 Å². The lowest BCUT2D eigenvalue weighted by atomic mass is 9.70. The van der Waals surface area contributed by atoms with E-state index in [1.165, 1.54) is 10.0 Å². The van der Waals surface area contributed by atoms with Crippen LogP contribution in [0.1, 0.15) is 28.2 Å². The molecule has 0 spiro atoms. The fourth-order valence-corrected chi connectivity index (χ4v) is 4.89. The largest absolute Gasteiger partial charge is 0.272 e. The molecule has 0 radical (unpaired) electrons. The van der Waals surface area contributed by atoms with Gasteiger partial charge in [0.25, 0.3) is 11.8 Å². The number of hydrogen-bond donors (Lipinski definition) is 0. The molecule has 3 aromatic rings. The fraction of sp³-hybridized carbons (Fsp3) is 0.214. The number of carbonyl (C=O) groups excluding carboxylic acids is 2. The second-order valence-electron chi connectivity index (χ2n) is 8.82. The number of carbonyl (C=O) groups is 2. The van der Waals surface area contributed by atoms with E-state index < -0.39 is 17.8 Å². The van der Waals surface area contributed by atoms with Gasteiger partial charge in [0, 0.05) is 20.0 Å². The zero-order valence-electron chi connectivity index (χ0n) is 19.4. The molecule has 0 saturated heterocycles. The van der Waals surface area contributed by atoms with Crippen molar-refractivity contribution in [1.82, 2.24) is 10.0 Å². The zero-order chi connectivity index (χ0) is 23.8. The highest BCUT2D eigenvalue weighted by molar-refractivity contribution is 6.20. The van der Waals surface area contributed by atoms with E-state index in [-0.39, 0.29) is 11.8 Å². The van der Waals surface area contributed by atoms with Crippen LogP contribution in [0.15, 0.2) is 95.1 Å². The standard InChI is InChI=1S/C28H26N4O2/c1-18-14-16-19(17-15-18)22(23-25(29-31(2)27(23)33)20-10-6-4-7-11-20)24-26(30-32(3)28(24)34)21-12-8-5-9-13-21/h4-17,22-24H,1-3H3/t22?,23-,24+.